The number of hydrogen-bond donors (Lipinski definition) is 0. The Balaban J connectivity index is 0.00000256. The monoisotopic (exact) mass is 425 g/mol. The Morgan fingerprint density at radius 1 is 0.633 bits per heavy atom. The van der Waals surface area contributed by atoms with E-state index in [0.29, 0.717) is 17.9 Å². The summed E-state index contributed by atoms with van der Waals surface area (Å²) < 4.78 is 21.7. The van der Waals surface area contributed by atoms with Crippen LogP contribution in [0.1, 0.15) is 11.3 Å². The van der Waals surface area contributed by atoms with Crippen molar-refractivity contribution in [1.82, 2.24) is 4.98 Å². The summed E-state index contributed by atoms with van der Waals surface area (Å²) in [6.07, 6.45) is 2.54. The molecule has 0 aliphatic rings. The normalized spacial score (nSPS) is 10.5. The van der Waals surface area contributed by atoms with E-state index in [-0.39, 0.29) is 12.4 Å². The number of benzene rings is 3. The molecule has 0 spiro atoms. The minimum absolute atomic E-state index is 0. The van der Waals surface area contributed by atoms with E-state index in [1.165, 1.54) is 5.56 Å². The third-order valence-corrected chi connectivity index (χ3v) is 5.13. The van der Waals surface area contributed by atoms with Crippen LogP contribution in [0.15, 0.2) is 54.7 Å². The maximum absolute atomic E-state index is 5.48. The molecule has 4 aromatic rings. The van der Waals surface area contributed by atoms with Crippen molar-refractivity contribution in [3.63, 3.8) is 0 Å². The van der Waals surface area contributed by atoms with Crippen molar-refractivity contribution in [2.24, 2.45) is 0 Å². The van der Waals surface area contributed by atoms with Gasteiger partial charge in [0.15, 0.2) is 23.0 Å². The van der Waals surface area contributed by atoms with Crippen LogP contribution in [0.5, 0.6) is 23.0 Å². The van der Waals surface area contributed by atoms with E-state index in [9.17, 15) is 0 Å². The van der Waals surface area contributed by atoms with Gasteiger partial charge in [-0.25, -0.2) is 0 Å². The molecule has 0 unspecified atom stereocenters. The fourth-order valence-electron chi connectivity index (χ4n) is 3.63. The molecular weight excluding hydrogens is 402 g/mol. The van der Waals surface area contributed by atoms with Crippen LogP contribution in [-0.2, 0) is 6.42 Å². The lowest BCUT2D eigenvalue weighted by atomic mass is 10.00. The third-order valence-electron chi connectivity index (χ3n) is 5.13. The lowest BCUT2D eigenvalue weighted by Gasteiger charge is -2.12. The molecule has 0 aliphatic heterocycles. The van der Waals surface area contributed by atoms with Crippen LogP contribution in [0.3, 0.4) is 0 Å². The van der Waals surface area contributed by atoms with E-state index in [4.69, 9.17) is 18.9 Å². The number of aromatic nitrogens is 1. The smallest absolute Gasteiger partial charge is 0.161 e. The summed E-state index contributed by atoms with van der Waals surface area (Å²) in [4.78, 5) is 4.63. The van der Waals surface area contributed by atoms with Gasteiger partial charge >= 0.3 is 0 Å². The Morgan fingerprint density at radius 3 is 1.83 bits per heavy atom. The molecule has 3 aromatic carbocycles. The van der Waals surface area contributed by atoms with Gasteiger partial charge in [-0.05, 0) is 52.1 Å². The molecule has 0 fully saturated rings. The Hall–Kier alpha value is -3.18. The number of pyridine rings is 1. The molecule has 0 saturated heterocycles. The lowest BCUT2D eigenvalue weighted by molar-refractivity contribution is 0.356. The van der Waals surface area contributed by atoms with E-state index < -0.39 is 0 Å². The number of methoxy groups -OCH3 is 4. The van der Waals surface area contributed by atoms with Gasteiger partial charge in [0, 0.05) is 18.0 Å². The number of hydrogen-bond acceptors (Lipinski definition) is 5. The molecule has 0 N–H and O–H groups in total. The van der Waals surface area contributed by atoms with Gasteiger partial charge in [-0.1, -0.05) is 18.2 Å². The van der Waals surface area contributed by atoms with Gasteiger partial charge in [0.2, 0.25) is 0 Å². The summed E-state index contributed by atoms with van der Waals surface area (Å²) >= 11 is 0. The number of ether oxygens (including phenoxy) is 4. The Bertz CT molecular complexity index is 1190. The molecule has 1 heterocycles. The van der Waals surface area contributed by atoms with Crippen molar-refractivity contribution in [3.8, 4) is 23.0 Å². The van der Waals surface area contributed by atoms with Crippen molar-refractivity contribution in [1.29, 1.82) is 0 Å². The zero-order valence-corrected chi connectivity index (χ0v) is 18.2. The summed E-state index contributed by atoms with van der Waals surface area (Å²) in [5.74, 6) is 2.86. The molecule has 1 aromatic heterocycles. The average molecular weight is 426 g/mol. The highest BCUT2D eigenvalue weighted by atomic mass is 35.5. The second kappa shape index (κ2) is 9.09. The molecule has 0 radical (unpaired) electrons. The molecule has 0 aliphatic carbocycles. The number of nitrogens with zero attached hydrogens (tertiary/aromatic N) is 1. The molecule has 0 amide bonds. The fraction of sp³-hybridized carbons (Fsp3) is 0.208. The van der Waals surface area contributed by atoms with Gasteiger partial charge in [0.05, 0.1) is 34.1 Å². The van der Waals surface area contributed by atoms with Gasteiger partial charge in [-0.2, -0.15) is 0 Å². The number of rotatable bonds is 6. The topological polar surface area (TPSA) is 49.8 Å². The molecule has 0 bridgehead atoms. The highest BCUT2D eigenvalue weighted by Gasteiger charge is 2.11. The van der Waals surface area contributed by atoms with Crippen molar-refractivity contribution >= 4 is 34.0 Å². The van der Waals surface area contributed by atoms with Gasteiger partial charge < -0.3 is 18.9 Å². The van der Waals surface area contributed by atoms with Gasteiger partial charge in [-0.3, -0.25) is 4.98 Å². The van der Waals surface area contributed by atoms with E-state index >= 15 is 0 Å². The van der Waals surface area contributed by atoms with Gasteiger partial charge in [0.1, 0.15) is 0 Å². The largest absolute Gasteiger partial charge is 0.493 e. The van der Waals surface area contributed by atoms with Crippen molar-refractivity contribution in [2.45, 2.75) is 6.42 Å². The molecule has 0 saturated carbocycles. The molecule has 30 heavy (non-hydrogen) atoms. The minimum atomic E-state index is 0. The Morgan fingerprint density at radius 2 is 1.20 bits per heavy atom. The van der Waals surface area contributed by atoms with Crippen molar-refractivity contribution in [3.05, 3.63) is 66.0 Å². The zero-order chi connectivity index (χ0) is 20.4. The van der Waals surface area contributed by atoms with Crippen molar-refractivity contribution in [2.75, 3.05) is 28.4 Å². The Kier molecular flexibility index (Phi) is 6.53. The highest BCUT2D eigenvalue weighted by Crippen LogP contribution is 2.35. The number of fused-ring (bicyclic) bond motifs is 2. The standard InChI is InChI=1S/C24H23NO4.ClH/c1-26-21-11-16-6-5-15(9-18(16)13-23(21)28-3)10-20-19-14-24(29-4)22(27-2)12-17(19)7-8-25-20;/h5-9,11-14H,10H2,1-4H3;1H. The van der Waals surface area contributed by atoms with E-state index in [0.717, 1.165) is 38.7 Å². The summed E-state index contributed by atoms with van der Waals surface area (Å²) in [6.45, 7) is 0. The highest BCUT2D eigenvalue weighted by molar-refractivity contribution is 5.89. The SMILES string of the molecule is COc1cc2ccc(Cc3nccc4cc(OC)c(OC)cc34)cc2cc1OC.Cl. The summed E-state index contributed by atoms with van der Waals surface area (Å²) in [7, 11) is 6.58. The first kappa shape index (κ1) is 21.5. The summed E-state index contributed by atoms with van der Waals surface area (Å²) in [5.41, 5.74) is 2.16. The third kappa shape index (κ3) is 3.94. The lowest BCUT2D eigenvalue weighted by Crippen LogP contribution is -1.96. The second-order valence-corrected chi connectivity index (χ2v) is 6.75. The van der Waals surface area contributed by atoms with E-state index in [1.54, 1.807) is 28.4 Å². The fourth-order valence-corrected chi connectivity index (χ4v) is 3.63. The van der Waals surface area contributed by atoms with Crippen LogP contribution in [0.4, 0.5) is 0 Å². The van der Waals surface area contributed by atoms with Gasteiger partial charge in [0.25, 0.3) is 0 Å². The summed E-state index contributed by atoms with van der Waals surface area (Å²) in [6, 6.07) is 16.3. The van der Waals surface area contributed by atoms with Crippen molar-refractivity contribution < 1.29 is 18.9 Å². The zero-order valence-electron chi connectivity index (χ0n) is 17.4. The molecule has 6 heteroatoms. The Labute approximate surface area is 182 Å². The summed E-state index contributed by atoms with van der Waals surface area (Å²) in [5, 5.41) is 4.32. The second-order valence-electron chi connectivity index (χ2n) is 6.75. The van der Waals surface area contributed by atoms with E-state index in [1.807, 2.05) is 36.5 Å². The van der Waals surface area contributed by atoms with Crippen LogP contribution in [0.2, 0.25) is 0 Å². The molecule has 156 valence electrons. The predicted molar refractivity (Wildman–Crippen MR) is 122 cm³/mol. The molecule has 5 nitrogen and oxygen atoms in total. The molecule has 4 rings (SSSR count). The maximum atomic E-state index is 5.48. The average Bonchev–Trinajstić information content (AvgIpc) is 2.77. The maximum Gasteiger partial charge on any atom is 0.161 e. The van der Waals surface area contributed by atoms with Crippen LogP contribution in [0, 0.1) is 0 Å². The van der Waals surface area contributed by atoms with Crippen LogP contribution in [0.25, 0.3) is 21.5 Å². The first-order valence-corrected chi connectivity index (χ1v) is 9.31. The van der Waals surface area contributed by atoms with Crippen LogP contribution >= 0.6 is 12.4 Å². The minimum Gasteiger partial charge on any atom is -0.493 e. The van der Waals surface area contributed by atoms with E-state index in [2.05, 4.69) is 23.2 Å². The van der Waals surface area contributed by atoms with Crippen LogP contribution < -0.4 is 18.9 Å². The van der Waals surface area contributed by atoms with Crippen LogP contribution in [-0.4, -0.2) is 33.4 Å². The predicted octanol–water partition coefficient (Wildman–Crippen LogP) is 5.44. The first-order valence-electron chi connectivity index (χ1n) is 9.31. The van der Waals surface area contributed by atoms with Gasteiger partial charge in [-0.15, -0.1) is 12.4 Å². The number of halogens is 1. The quantitative estimate of drug-likeness (QED) is 0.412. The molecular formula is C24H24ClNO4. The molecule has 0 atom stereocenters. The first-order chi connectivity index (χ1) is 14.2.